The first-order valence-electron chi connectivity index (χ1n) is 7.90. The third kappa shape index (κ3) is 2.36. The molecule has 3 atom stereocenters. The van der Waals surface area contributed by atoms with Crippen LogP contribution in [0.25, 0.3) is 0 Å². The van der Waals surface area contributed by atoms with Gasteiger partial charge in [0, 0.05) is 25.1 Å². The summed E-state index contributed by atoms with van der Waals surface area (Å²) in [5, 5.41) is 15.1. The molecule has 2 bridgehead atoms. The van der Waals surface area contributed by atoms with Crippen LogP contribution in [0.2, 0.25) is 0 Å². The van der Waals surface area contributed by atoms with Gasteiger partial charge in [0.1, 0.15) is 0 Å². The van der Waals surface area contributed by atoms with Crippen LogP contribution in [0, 0.1) is 16.0 Å². The van der Waals surface area contributed by atoms with Crippen LogP contribution < -0.4 is 0 Å². The molecular weight excluding hydrogens is 298 g/mol. The second-order valence-corrected chi connectivity index (χ2v) is 6.43. The summed E-state index contributed by atoms with van der Waals surface area (Å²) in [5.41, 5.74) is 0.888. The van der Waals surface area contributed by atoms with Gasteiger partial charge in [0.05, 0.1) is 16.2 Å². The molecule has 2 aliphatic heterocycles. The molecular formula is C16H17N3O4. The topological polar surface area (TPSA) is 85.0 Å². The lowest BCUT2D eigenvalue weighted by atomic mass is 10.0. The van der Waals surface area contributed by atoms with E-state index in [1.165, 1.54) is 12.5 Å². The molecule has 1 aromatic rings. The maximum atomic E-state index is 12.6. The van der Waals surface area contributed by atoms with Gasteiger partial charge in [-0.15, -0.1) is 0 Å². The van der Waals surface area contributed by atoms with Crippen LogP contribution in [0.3, 0.4) is 0 Å². The number of nitro benzene ring substituents is 1. The predicted molar refractivity (Wildman–Crippen MR) is 82.0 cm³/mol. The largest absolute Gasteiger partial charge is 0.382 e. The fourth-order valence-corrected chi connectivity index (χ4v) is 3.93. The van der Waals surface area contributed by atoms with Crippen LogP contribution in [0.15, 0.2) is 29.4 Å². The summed E-state index contributed by atoms with van der Waals surface area (Å²) < 4.78 is 0. The molecule has 2 heterocycles. The first-order chi connectivity index (χ1) is 11.1. The molecule has 4 rings (SSSR count). The van der Waals surface area contributed by atoms with Gasteiger partial charge < -0.3 is 9.74 Å². The molecule has 23 heavy (non-hydrogen) atoms. The summed E-state index contributed by atoms with van der Waals surface area (Å²) in [6.07, 6.45) is 3.01. The molecule has 0 spiro atoms. The average molecular weight is 315 g/mol. The lowest BCUT2D eigenvalue weighted by Crippen LogP contribution is -2.43. The molecule has 3 unspecified atom stereocenters. The molecule has 2 fully saturated rings. The molecule has 1 aromatic carbocycles. The number of fused-ring (bicyclic) bond motifs is 2. The van der Waals surface area contributed by atoms with E-state index in [1.807, 2.05) is 4.90 Å². The van der Waals surface area contributed by atoms with Crippen LogP contribution in [-0.4, -0.2) is 40.1 Å². The standard InChI is InChI=1S/C16H17N3O4/c20-16(18-9-10-5-6-11(18)7-10)15-8-13(17-23-15)12-3-1-2-4-14(12)19(21)22/h1-4,10-11,15H,5-9H2. The minimum Gasteiger partial charge on any atom is -0.382 e. The van der Waals surface area contributed by atoms with Crippen LogP contribution >= 0.6 is 0 Å². The number of carbonyl (C=O) groups is 1. The molecule has 1 aliphatic carbocycles. The van der Waals surface area contributed by atoms with Crippen LogP contribution in [-0.2, 0) is 9.63 Å². The summed E-state index contributed by atoms with van der Waals surface area (Å²) in [5.74, 6) is 0.593. The molecule has 0 radical (unpaired) electrons. The fraction of sp³-hybridized carbons (Fsp3) is 0.500. The summed E-state index contributed by atoms with van der Waals surface area (Å²) >= 11 is 0. The van der Waals surface area contributed by atoms with E-state index in [2.05, 4.69) is 5.16 Å². The van der Waals surface area contributed by atoms with Crippen molar-refractivity contribution in [3.05, 3.63) is 39.9 Å². The lowest BCUT2D eigenvalue weighted by Gasteiger charge is -2.28. The third-order valence-corrected chi connectivity index (χ3v) is 5.05. The van der Waals surface area contributed by atoms with Crippen molar-refractivity contribution in [1.82, 2.24) is 4.90 Å². The zero-order chi connectivity index (χ0) is 16.0. The van der Waals surface area contributed by atoms with Gasteiger partial charge in [-0.2, -0.15) is 0 Å². The van der Waals surface area contributed by atoms with E-state index in [0.717, 1.165) is 19.4 Å². The number of carbonyl (C=O) groups excluding carboxylic acids is 1. The first-order valence-corrected chi connectivity index (χ1v) is 7.90. The van der Waals surface area contributed by atoms with E-state index in [4.69, 9.17) is 4.84 Å². The van der Waals surface area contributed by atoms with E-state index in [1.54, 1.807) is 18.2 Å². The van der Waals surface area contributed by atoms with Crippen molar-refractivity contribution in [2.75, 3.05) is 6.54 Å². The van der Waals surface area contributed by atoms with Gasteiger partial charge in [-0.05, 0) is 31.2 Å². The quantitative estimate of drug-likeness (QED) is 0.631. The highest BCUT2D eigenvalue weighted by Gasteiger charge is 2.44. The van der Waals surface area contributed by atoms with E-state index in [-0.39, 0.29) is 18.0 Å². The highest BCUT2D eigenvalue weighted by atomic mass is 16.6. The molecule has 3 aliphatic rings. The molecule has 7 nitrogen and oxygen atoms in total. The van der Waals surface area contributed by atoms with Gasteiger partial charge in [-0.1, -0.05) is 17.3 Å². The zero-order valence-electron chi connectivity index (χ0n) is 12.6. The average Bonchev–Trinajstić information content (AvgIpc) is 3.30. The van der Waals surface area contributed by atoms with E-state index >= 15 is 0 Å². The number of para-hydroxylation sites is 1. The Morgan fingerprint density at radius 2 is 2.17 bits per heavy atom. The Labute approximate surface area is 133 Å². The number of nitrogens with zero attached hydrogens (tertiary/aromatic N) is 3. The molecule has 1 saturated heterocycles. The van der Waals surface area contributed by atoms with Gasteiger partial charge in [0.15, 0.2) is 0 Å². The minimum atomic E-state index is -0.649. The van der Waals surface area contributed by atoms with Crippen molar-refractivity contribution < 1.29 is 14.6 Å². The van der Waals surface area contributed by atoms with Crippen molar-refractivity contribution in [2.45, 2.75) is 37.8 Å². The van der Waals surface area contributed by atoms with Crippen LogP contribution in [0.1, 0.15) is 31.2 Å². The Balaban J connectivity index is 1.49. The van der Waals surface area contributed by atoms with Gasteiger partial charge >= 0.3 is 0 Å². The lowest BCUT2D eigenvalue weighted by molar-refractivity contribution is -0.385. The minimum absolute atomic E-state index is 0.0109. The SMILES string of the molecule is O=C(C1CC(c2ccccc2[N+](=O)[O-])=NO1)N1CC2CCC1C2. The monoisotopic (exact) mass is 315 g/mol. The van der Waals surface area contributed by atoms with Gasteiger partial charge in [0.2, 0.25) is 6.10 Å². The second-order valence-electron chi connectivity index (χ2n) is 6.43. The Hall–Kier alpha value is -2.44. The van der Waals surface area contributed by atoms with Crippen molar-refractivity contribution in [3.8, 4) is 0 Å². The molecule has 7 heteroatoms. The summed E-state index contributed by atoms with van der Waals surface area (Å²) in [6.45, 7) is 0.810. The smallest absolute Gasteiger partial charge is 0.278 e. The number of likely N-dealkylation sites (tertiary alicyclic amines) is 1. The van der Waals surface area contributed by atoms with Crippen molar-refractivity contribution in [3.63, 3.8) is 0 Å². The number of hydrogen-bond acceptors (Lipinski definition) is 5. The highest BCUT2D eigenvalue weighted by Crippen LogP contribution is 2.38. The van der Waals surface area contributed by atoms with Gasteiger partial charge in [0.25, 0.3) is 11.6 Å². The van der Waals surface area contributed by atoms with Gasteiger partial charge in [-0.3, -0.25) is 14.9 Å². The van der Waals surface area contributed by atoms with Crippen molar-refractivity contribution in [1.29, 1.82) is 0 Å². The van der Waals surface area contributed by atoms with Crippen molar-refractivity contribution >= 4 is 17.3 Å². The predicted octanol–water partition coefficient (Wildman–Crippen LogP) is 2.10. The number of rotatable bonds is 3. The number of nitro groups is 1. The molecule has 1 amide bonds. The molecule has 1 saturated carbocycles. The maximum Gasteiger partial charge on any atom is 0.278 e. The Morgan fingerprint density at radius 3 is 2.87 bits per heavy atom. The number of benzene rings is 1. The third-order valence-electron chi connectivity index (χ3n) is 5.05. The van der Waals surface area contributed by atoms with E-state index in [0.29, 0.717) is 23.2 Å². The van der Waals surface area contributed by atoms with E-state index in [9.17, 15) is 14.9 Å². The molecule has 120 valence electrons. The van der Waals surface area contributed by atoms with Crippen molar-refractivity contribution in [2.24, 2.45) is 11.1 Å². The normalized spacial score (nSPS) is 28.6. The maximum absolute atomic E-state index is 12.6. The number of oxime groups is 1. The Morgan fingerprint density at radius 1 is 1.35 bits per heavy atom. The number of hydrogen-bond donors (Lipinski definition) is 0. The highest BCUT2D eigenvalue weighted by molar-refractivity contribution is 6.06. The van der Waals surface area contributed by atoms with Crippen LogP contribution in [0.4, 0.5) is 5.69 Å². The first kappa shape index (κ1) is 14.2. The van der Waals surface area contributed by atoms with Gasteiger partial charge in [-0.25, -0.2) is 0 Å². The zero-order valence-corrected chi connectivity index (χ0v) is 12.6. The Kier molecular flexibility index (Phi) is 3.28. The van der Waals surface area contributed by atoms with E-state index < -0.39 is 11.0 Å². The second kappa shape index (κ2) is 5.33. The summed E-state index contributed by atoms with van der Waals surface area (Å²) in [4.78, 5) is 30.5. The Bertz CT molecular complexity index is 702. The molecule has 0 N–H and O–H groups in total. The number of amides is 1. The summed E-state index contributed by atoms with van der Waals surface area (Å²) in [7, 11) is 0. The molecule has 0 aromatic heterocycles. The number of piperidine rings is 1. The van der Waals surface area contributed by atoms with Crippen LogP contribution in [0.5, 0.6) is 0 Å². The summed E-state index contributed by atoms with van der Waals surface area (Å²) in [6, 6.07) is 6.75. The fourth-order valence-electron chi connectivity index (χ4n) is 3.93.